The highest BCUT2D eigenvalue weighted by atomic mass is 32.1. The molecule has 16 heteroatoms. The number of fused-ring (bicyclic) bond motifs is 1. The van der Waals surface area contributed by atoms with Gasteiger partial charge in [-0.05, 0) is 25.0 Å². The van der Waals surface area contributed by atoms with E-state index in [1.165, 1.54) is 35.5 Å². The van der Waals surface area contributed by atoms with Gasteiger partial charge < -0.3 is 19.1 Å². The van der Waals surface area contributed by atoms with Gasteiger partial charge >= 0.3 is 0 Å². The number of likely N-dealkylation sites (tertiary alicyclic amines) is 1. The van der Waals surface area contributed by atoms with Crippen molar-refractivity contribution in [1.82, 2.24) is 19.7 Å². The normalized spacial score (nSPS) is 18.0. The van der Waals surface area contributed by atoms with Gasteiger partial charge in [-0.25, -0.2) is 22.5 Å². The lowest BCUT2D eigenvalue weighted by atomic mass is 9.97. The predicted molar refractivity (Wildman–Crippen MR) is 135 cm³/mol. The Hall–Kier alpha value is -3.63. The summed E-state index contributed by atoms with van der Waals surface area (Å²) in [7, 11) is 1.47. The zero-order chi connectivity index (χ0) is 29.3. The van der Waals surface area contributed by atoms with Crippen LogP contribution in [0, 0.1) is 10.1 Å². The van der Waals surface area contributed by atoms with E-state index >= 15 is 0 Å². The Balaban J connectivity index is 1.20. The number of carbonyl (C=O) groups is 1. The summed E-state index contributed by atoms with van der Waals surface area (Å²) < 4.78 is 70.1. The van der Waals surface area contributed by atoms with E-state index in [4.69, 9.17) is 14.2 Å². The number of rotatable bonds is 8. The van der Waals surface area contributed by atoms with Crippen molar-refractivity contribution in [1.29, 1.82) is 0 Å². The number of amides is 1. The number of thiazole rings is 1. The minimum atomic E-state index is -3.04. The van der Waals surface area contributed by atoms with Crippen LogP contribution in [-0.2, 0) is 34.0 Å². The zero-order valence-corrected chi connectivity index (χ0v) is 22.5. The fourth-order valence-electron chi connectivity index (χ4n) is 4.94. The van der Waals surface area contributed by atoms with Crippen molar-refractivity contribution in [2.45, 2.75) is 57.7 Å². The van der Waals surface area contributed by atoms with Crippen molar-refractivity contribution in [2.24, 2.45) is 0 Å². The number of nitrogens with zero attached hydrogens (tertiary/aromatic N) is 5. The van der Waals surface area contributed by atoms with Gasteiger partial charge in [-0.1, -0.05) is 0 Å². The van der Waals surface area contributed by atoms with Crippen molar-refractivity contribution in [2.75, 3.05) is 20.2 Å². The standard InChI is InChI=1S/C25H25F4N5O6S/c1-38-20-3-2-18(34(36)37)14-10-39-25(40-11-15(14)20)17-12-41-24(30-17)13-4-6-32(7-5-13)21(35)9-33-19(23(28)29)8-16(31-33)22(26)27/h2-3,8,12-13,22-23,25H,4-7,9-11H2,1H3. The summed E-state index contributed by atoms with van der Waals surface area (Å²) in [6, 6.07) is 3.51. The highest BCUT2D eigenvalue weighted by molar-refractivity contribution is 7.09. The fourth-order valence-corrected chi connectivity index (χ4v) is 5.93. The quantitative estimate of drug-likeness (QED) is 0.195. The minimum absolute atomic E-state index is 0.0220. The third-order valence-corrected chi connectivity index (χ3v) is 8.10. The van der Waals surface area contributed by atoms with Gasteiger partial charge in [0.2, 0.25) is 12.2 Å². The Kier molecular flexibility index (Phi) is 8.51. The molecule has 1 amide bonds. The SMILES string of the molecule is COc1ccc([N+](=O)[O-])c2c1COC(c1csc(C3CCN(C(=O)Cn4nc(C(F)F)cc4C(F)F)CC3)n1)OC2. The Morgan fingerprint density at radius 2 is 1.88 bits per heavy atom. The maximum atomic E-state index is 13.3. The molecular formula is C25H25F4N5O6S. The number of alkyl halides is 4. The van der Waals surface area contributed by atoms with Crippen LogP contribution >= 0.6 is 11.3 Å². The minimum Gasteiger partial charge on any atom is -0.496 e. The van der Waals surface area contributed by atoms with Crippen molar-refractivity contribution >= 4 is 22.9 Å². The second-order valence-electron chi connectivity index (χ2n) is 9.47. The van der Waals surface area contributed by atoms with E-state index in [0.29, 0.717) is 59.2 Å². The van der Waals surface area contributed by atoms with Gasteiger partial charge in [-0.3, -0.25) is 19.6 Å². The number of hydrogen-bond acceptors (Lipinski definition) is 9. The highest BCUT2D eigenvalue weighted by Gasteiger charge is 2.31. The molecule has 0 spiro atoms. The predicted octanol–water partition coefficient (Wildman–Crippen LogP) is 5.28. The molecule has 220 valence electrons. The van der Waals surface area contributed by atoms with E-state index in [9.17, 15) is 32.5 Å². The largest absolute Gasteiger partial charge is 0.496 e. The van der Waals surface area contributed by atoms with Crippen LogP contribution in [0.5, 0.6) is 5.75 Å². The molecule has 0 N–H and O–H groups in total. The van der Waals surface area contributed by atoms with E-state index in [2.05, 4.69) is 10.1 Å². The highest BCUT2D eigenvalue weighted by Crippen LogP contribution is 2.38. The van der Waals surface area contributed by atoms with Crippen LogP contribution in [0.3, 0.4) is 0 Å². The lowest BCUT2D eigenvalue weighted by Gasteiger charge is -2.31. The molecule has 1 unspecified atom stereocenters. The van der Waals surface area contributed by atoms with Gasteiger partial charge in [0, 0.05) is 36.0 Å². The van der Waals surface area contributed by atoms with E-state index in [1.807, 2.05) is 0 Å². The lowest BCUT2D eigenvalue weighted by molar-refractivity contribution is -0.386. The molecule has 2 aliphatic rings. The average molecular weight is 600 g/mol. The fraction of sp³-hybridized carbons (Fsp3) is 0.480. The Morgan fingerprint density at radius 3 is 2.51 bits per heavy atom. The van der Waals surface area contributed by atoms with Crippen molar-refractivity contribution < 1.29 is 41.5 Å². The molecule has 1 atom stereocenters. The maximum Gasteiger partial charge on any atom is 0.282 e. The molecule has 5 rings (SSSR count). The van der Waals surface area contributed by atoms with Crippen LogP contribution in [0.15, 0.2) is 23.6 Å². The second kappa shape index (κ2) is 12.1. The number of benzene rings is 1. The first-order valence-electron chi connectivity index (χ1n) is 12.6. The van der Waals surface area contributed by atoms with E-state index in [-0.39, 0.29) is 24.8 Å². The number of piperidine rings is 1. The monoisotopic (exact) mass is 599 g/mol. The zero-order valence-electron chi connectivity index (χ0n) is 21.7. The van der Waals surface area contributed by atoms with Crippen LogP contribution in [-0.4, -0.2) is 50.7 Å². The summed E-state index contributed by atoms with van der Waals surface area (Å²) in [6.45, 7) is 0.0745. The van der Waals surface area contributed by atoms with Gasteiger partial charge in [0.15, 0.2) is 0 Å². The number of halogens is 4. The average Bonchev–Trinajstić information content (AvgIpc) is 3.55. The van der Waals surface area contributed by atoms with Crippen molar-refractivity contribution in [3.05, 3.63) is 66.9 Å². The van der Waals surface area contributed by atoms with Crippen LogP contribution in [0.1, 0.15) is 71.1 Å². The number of aromatic nitrogens is 3. The Bertz CT molecular complexity index is 1430. The lowest BCUT2D eigenvalue weighted by Crippen LogP contribution is -2.40. The van der Waals surface area contributed by atoms with Crippen molar-refractivity contribution in [3.63, 3.8) is 0 Å². The molecule has 4 heterocycles. The molecule has 41 heavy (non-hydrogen) atoms. The van der Waals surface area contributed by atoms with Crippen molar-refractivity contribution in [3.8, 4) is 5.75 Å². The van der Waals surface area contributed by atoms with Crippen LogP contribution in [0.4, 0.5) is 23.2 Å². The van der Waals surface area contributed by atoms with Gasteiger partial charge in [0.1, 0.15) is 29.4 Å². The topological polar surface area (TPSA) is 122 Å². The molecule has 2 aliphatic heterocycles. The number of methoxy groups -OCH3 is 1. The summed E-state index contributed by atoms with van der Waals surface area (Å²) >= 11 is 1.40. The smallest absolute Gasteiger partial charge is 0.282 e. The van der Waals surface area contributed by atoms with Crippen LogP contribution < -0.4 is 4.74 Å². The Morgan fingerprint density at radius 1 is 1.17 bits per heavy atom. The number of nitro benzene ring substituents is 1. The number of ether oxygens (including phenoxy) is 3. The first-order chi connectivity index (χ1) is 19.7. The molecule has 0 aliphatic carbocycles. The van der Waals surface area contributed by atoms with E-state index in [0.717, 1.165) is 5.01 Å². The molecule has 1 fully saturated rings. The summed E-state index contributed by atoms with van der Waals surface area (Å²) in [5.74, 6) is -0.00488. The summed E-state index contributed by atoms with van der Waals surface area (Å²) in [5.41, 5.74) is -0.167. The molecule has 1 saturated heterocycles. The molecule has 1 aromatic carbocycles. The molecule has 0 bridgehead atoms. The number of nitro groups is 1. The van der Waals surface area contributed by atoms with E-state index in [1.54, 1.807) is 5.38 Å². The third kappa shape index (κ3) is 6.04. The molecule has 0 saturated carbocycles. The molecular weight excluding hydrogens is 574 g/mol. The van der Waals surface area contributed by atoms with Gasteiger partial charge in [0.05, 0.1) is 35.8 Å². The number of carbonyl (C=O) groups excluding carboxylic acids is 1. The maximum absolute atomic E-state index is 13.3. The first-order valence-corrected chi connectivity index (χ1v) is 13.5. The second-order valence-corrected chi connectivity index (χ2v) is 10.4. The molecule has 11 nitrogen and oxygen atoms in total. The van der Waals surface area contributed by atoms with Gasteiger partial charge in [-0.2, -0.15) is 5.10 Å². The molecule has 3 aromatic rings. The molecule has 0 radical (unpaired) electrons. The van der Waals surface area contributed by atoms with Gasteiger partial charge in [0.25, 0.3) is 18.5 Å². The summed E-state index contributed by atoms with van der Waals surface area (Å²) in [6.07, 6.45) is -5.80. The first kappa shape index (κ1) is 28.9. The summed E-state index contributed by atoms with van der Waals surface area (Å²) in [4.78, 5) is 30.0. The summed E-state index contributed by atoms with van der Waals surface area (Å²) in [5, 5.41) is 17.6. The van der Waals surface area contributed by atoms with E-state index < -0.39 is 47.9 Å². The molecule has 2 aromatic heterocycles. The van der Waals surface area contributed by atoms with Crippen LogP contribution in [0.2, 0.25) is 0 Å². The third-order valence-electron chi connectivity index (χ3n) is 7.08. The Labute approximate surface area is 234 Å². The van der Waals surface area contributed by atoms with Gasteiger partial charge in [-0.15, -0.1) is 11.3 Å². The van der Waals surface area contributed by atoms with Crippen LogP contribution in [0.25, 0.3) is 0 Å². The number of hydrogen-bond donors (Lipinski definition) is 0.